The molecule has 0 heterocycles. The van der Waals surface area contributed by atoms with Crippen LogP contribution >= 0.6 is 0 Å². The van der Waals surface area contributed by atoms with Crippen molar-refractivity contribution in [1.82, 2.24) is 10.2 Å². The summed E-state index contributed by atoms with van der Waals surface area (Å²) in [6, 6.07) is 0.526. The van der Waals surface area contributed by atoms with E-state index in [1.165, 1.54) is 12.8 Å². The minimum absolute atomic E-state index is 0.119. The molecule has 19 heavy (non-hydrogen) atoms. The second-order valence-corrected chi connectivity index (χ2v) is 5.84. The van der Waals surface area contributed by atoms with Crippen molar-refractivity contribution in [3.63, 3.8) is 0 Å². The largest absolute Gasteiger partial charge is 0.394 e. The van der Waals surface area contributed by atoms with Gasteiger partial charge in [0.25, 0.3) is 0 Å². The van der Waals surface area contributed by atoms with Crippen molar-refractivity contribution in [3.05, 3.63) is 0 Å². The summed E-state index contributed by atoms with van der Waals surface area (Å²) in [5.41, 5.74) is -0.119. The van der Waals surface area contributed by atoms with Crippen LogP contribution in [0.25, 0.3) is 0 Å². The Hall–Kier alpha value is -0.160. The summed E-state index contributed by atoms with van der Waals surface area (Å²) in [7, 11) is 1.75. The van der Waals surface area contributed by atoms with Crippen molar-refractivity contribution < 1.29 is 9.84 Å². The van der Waals surface area contributed by atoms with Crippen molar-refractivity contribution in [3.8, 4) is 0 Å². The van der Waals surface area contributed by atoms with Crippen LogP contribution < -0.4 is 5.32 Å². The van der Waals surface area contributed by atoms with Crippen LogP contribution in [0.2, 0.25) is 0 Å². The number of nitrogens with one attached hydrogen (secondary N) is 1. The molecule has 1 aliphatic rings. The summed E-state index contributed by atoms with van der Waals surface area (Å²) in [6.07, 6.45) is 3.61. The molecule has 0 aromatic heterocycles. The summed E-state index contributed by atoms with van der Waals surface area (Å²) >= 11 is 0. The lowest BCUT2D eigenvalue weighted by Crippen LogP contribution is -2.59. The van der Waals surface area contributed by atoms with Gasteiger partial charge in [-0.2, -0.15) is 0 Å². The molecule has 1 rings (SSSR count). The Labute approximate surface area is 118 Å². The van der Waals surface area contributed by atoms with Gasteiger partial charge in [0.05, 0.1) is 18.8 Å². The number of hydrogen-bond acceptors (Lipinski definition) is 4. The molecule has 0 spiro atoms. The van der Waals surface area contributed by atoms with E-state index >= 15 is 0 Å². The van der Waals surface area contributed by atoms with Gasteiger partial charge in [0, 0.05) is 26.2 Å². The Balaban J connectivity index is 2.70. The van der Waals surface area contributed by atoms with E-state index in [1.54, 1.807) is 7.11 Å². The molecular formula is C15H32N2O2. The van der Waals surface area contributed by atoms with Crippen molar-refractivity contribution >= 4 is 0 Å². The first-order chi connectivity index (χ1) is 9.13. The Kier molecular flexibility index (Phi) is 7.29. The Morgan fingerprint density at radius 2 is 2.11 bits per heavy atom. The highest BCUT2D eigenvalue weighted by Gasteiger charge is 2.45. The number of aliphatic hydroxyl groups is 1. The average Bonchev–Trinajstić information content (AvgIpc) is 3.26. The highest BCUT2D eigenvalue weighted by Crippen LogP contribution is 2.40. The van der Waals surface area contributed by atoms with Gasteiger partial charge in [-0.25, -0.2) is 0 Å². The van der Waals surface area contributed by atoms with Gasteiger partial charge in [-0.1, -0.05) is 13.8 Å². The predicted octanol–water partition coefficient (Wildman–Crippen LogP) is 1.48. The first-order valence-electron chi connectivity index (χ1n) is 7.72. The maximum atomic E-state index is 9.93. The number of rotatable bonds is 11. The highest BCUT2D eigenvalue weighted by molar-refractivity contribution is 5.03. The maximum Gasteiger partial charge on any atom is 0.0628 e. The third-order valence-corrected chi connectivity index (χ3v) is 4.45. The molecule has 1 aliphatic carbocycles. The zero-order chi connectivity index (χ0) is 14.3. The lowest BCUT2D eigenvalue weighted by molar-refractivity contribution is 0.0556. The van der Waals surface area contributed by atoms with Crippen LogP contribution in [-0.4, -0.2) is 61.5 Å². The maximum absolute atomic E-state index is 9.93. The highest BCUT2D eigenvalue weighted by atomic mass is 16.5. The number of methoxy groups -OCH3 is 1. The van der Waals surface area contributed by atoms with Crippen molar-refractivity contribution in [1.29, 1.82) is 0 Å². The molecule has 0 amide bonds. The van der Waals surface area contributed by atoms with E-state index in [0.717, 1.165) is 32.7 Å². The predicted molar refractivity (Wildman–Crippen MR) is 79.4 cm³/mol. The second-order valence-electron chi connectivity index (χ2n) is 5.84. The van der Waals surface area contributed by atoms with E-state index in [-0.39, 0.29) is 12.1 Å². The van der Waals surface area contributed by atoms with E-state index in [1.807, 2.05) is 0 Å². The molecule has 1 fully saturated rings. The molecule has 0 aromatic carbocycles. The van der Waals surface area contributed by atoms with Crippen LogP contribution in [0.1, 0.15) is 40.0 Å². The first-order valence-corrected chi connectivity index (χ1v) is 7.72. The van der Waals surface area contributed by atoms with E-state index in [0.29, 0.717) is 12.0 Å². The van der Waals surface area contributed by atoms with Gasteiger partial charge in [-0.3, -0.25) is 4.90 Å². The SMILES string of the molecule is CCNC(CO)(CN(CCOC)C(C)CC)C1CC1. The van der Waals surface area contributed by atoms with E-state index in [9.17, 15) is 5.11 Å². The molecule has 0 bridgehead atoms. The summed E-state index contributed by atoms with van der Waals surface area (Å²) in [5, 5.41) is 13.5. The van der Waals surface area contributed by atoms with Gasteiger partial charge < -0.3 is 15.2 Å². The summed E-state index contributed by atoms with van der Waals surface area (Å²) in [4.78, 5) is 2.46. The lowest BCUT2D eigenvalue weighted by atomic mass is 9.92. The summed E-state index contributed by atoms with van der Waals surface area (Å²) < 4.78 is 5.23. The van der Waals surface area contributed by atoms with Gasteiger partial charge in [0.1, 0.15) is 0 Å². The molecule has 0 saturated heterocycles. The summed E-state index contributed by atoms with van der Waals surface area (Å²) in [6.45, 7) is 10.3. The molecule has 2 unspecified atom stereocenters. The number of ether oxygens (including phenoxy) is 1. The molecule has 0 aromatic rings. The van der Waals surface area contributed by atoms with Crippen LogP contribution in [0.3, 0.4) is 0 Å². The smallest absolute Gasteiger partial charge is 0.0628 e. The van der Waals surface area contributed by atoms with E-state index < -0.39 is 0 Å². The van der Waals surface area contributed by atoms with Gasteiger partial charge in [-0.15, -0.1) is 0 Å². The molecule has 2 N–H and O–H groups in total. The zero-order valence-corrected chi connectivity index (χ0v) is 13.1. The average molecular weight is 272 g/mol. The Morgan fingerprint density at radius 1 is 1.42 bits per heavy atom. The molecule has 4 heteroatoms. The fraction of sp³-hybridized carbons (Fsp3) is 1.00. The van der Waals surface area contributed by atoms with Crippen molar-refractivity contribution in [2.75, 3.05) is 40.0 Å². The van der Waals surface area contributed by atoms with Crippen molar-refractivity contribution in [2.45, 2.75) is 51.6 Å². The molecule has 4 nitrogen and oxygen atoms in total. The Morgan fingerprint density at radius 3 is 2.53 bits per heavy atom. The molecule has 1 saturated carbocycles. The molecule has 114 valence electrons. The quantitative estimate of drug-likeness (QED) is 0.598. The molecule has 2 atom stereocenters. The third-order valence-electron chi connectivity index (χ3n) is 4.45. The zero-order valence-electron chi connectivity index (χ0n) is 13.1. The third kappa shape index (κ3) is 4.71. The van der Waals surface area contributed by atoms with E-state index in [4.69, 9.17) is 4.74 Å². The first kappa shape index (κ1) is 16.9. The lowest BCUT2D eigenvalue weighted by Gasteiger charge is -2.40. The fourth-order valence-electron chi connectivity index (χ4n) is 2.84. The van der Waals surface area contributed by atoms with Crippen LogP contribution in [0.15, 0.2) is 0 Å². The minimum Gasteiger partial charge on any atom is -0.394 e. The molecular weight excluding hydrogens is 240 g/mol. The van der Waals surface area contributed by atoms with Gasteiger partial charge in [-0.05, 0) is 38.6 Å². The normalized spacial score (nSPS) is 20.5. The van der Waals surface area contributed by atoms with Gasteiger partial charge in [0.2, 0.25) is 0 Å². The van der Waals surface area contributed by atoms with Gasteiger partial charge in [0.15, 0.2) is 0 Å². The molecule has 0 aliphatic heterocycles. The second kappa shape index (κ2) is 8.20. The monoisotopic (exact) mass is 272 g/mol. The number of hydrogen-bond donors (Lipinski definition) is 2. The van der Waals surface area contributed by atoms with Gasteiger partial charge >= 0.3 is 0 Å². The fourth-order valence-corrected chi connectivity index (χ4v) is 2.84. The standard InChI is InChI=1S/C15H32N2O2/c1-5-13(3)17(9-10-19-4)11-15(12-18,16-6-2)14-7-8-14/h13-14,16,18H,5-12H2,1-4H3. The number of likely N-dealkylation sites (N-methyl/N-ethyl adjacent to an activating group) is 1. The van der Waals surface area contributed by atoms with Crippen LogP contribution in [0, 0.1) is 5.92 Å². The van der Waals surface area contributed by atoms with Crippen LogP contribution in [-0.2, 0) is 4.74 Å². The van der Waals surface area contributed by atoms with Crippen molar-refractivity contribution in [2.24, 2.45) is 5.92 Å². The Bertz CT molecular complexity index is 246. The molecule has 0 radical (unpaired) electrons. The van der Waals surface area contributed by atoms with Crippen LogP contribution in [0.5, 0.6) is 0 Å². The minimum atomic E-state index is -0.119. The summed E-state index contributed by atoms with van der Waals surface area (Å²) in [5.74, 6) is 0.631. The number of aliphatic hydroxyl groups excluding tert-OH is 1. The van der Waals surface area contributed by atoms with Crippen LogP contribution in [0.4, 0.5) is 0 Å². The number of nitrogens with zero attached hydrogens (tertiary/aromatic N) is 1. The topological polar surface area (TPSA) is 44.7 Å². The van der Waals surface area contributed by atoms with E-state index in [2.05, 4.69) is 31.0 Å².